The van der Waals surface area contributed by atoms with Crippen LogP contribution in [0.3, 0.4) is 0 Å². The number of aromatic nitrogens is 1. The van der Waals surface area contributed by atoms with Crippen LogP contribution in [0.15, 0.2) is 188 Å². The van der Waals surface area contributed by atoms with Crippen LogP contribution in [0.2, 0.25) is 0 Å². The summed E-state index contributed by atoms with van der Waals surface area (Å²) in [6.45, 7) is 4.76. The Kier molecular flexibility index (Phi) is 6.04. The van der Waals surface area contributed by atoms with Crippen LogP contribution in [-0.4, -0.2) is 4.57 Å². The van der Waals surface area contributed by atoms with E-state index in [9.17, 15) is 0 Å². The van der Waals surface area contributed by atoms with Crippen molar-refractivity contribution in [3.05, 3.63) is 199 Å². The van der Waals surface area contributed by atoms with Crippen LogP contribution < -0.4 is 0 Å². The third-order valence-electron chi connectivity index (χ3n) is 15.0. The van der Waals surface area contributed by atoms with Gasteiger partial charge in [-0.1, -0.05) is 153 Å². The van der Waals surface area contributed by atoms with Gasteiger partial charge < -0.3 is 4.57 Å². The molecule has 0 radical (unpaired) electrons. The lowest BCUT2D eigenvalue weighted by atomic mass is 9.82. The standard InChI is InChI=1S/C61H37N/c1-61(2)51-12-4-3-11-47(51)48-22-21-44(33-52(48)61)62-53-27-25-45(42-29-38-17-13-34-7-5-8-35-14-18-39(30-42)57(38)55(34)35)49-23-24-50-46(26-28-54(62)60(50)59(49)53)43-31-40-19-15-36-9-6-10-37-16-20-41(32-43)58(40)56(36)37/h3-33H,1-2H3. The minimum atomic E-state index is -0.0965. The Morgan fingerprint density at radius 1 is 0.306 bits per heavy atom. The normalized spacial score (nSPS) is 13.8. The molecule has 0 spiro atoms. The van der Waals surface area contributed by atoms with Crippen LogP contribution in [0.5, 0.6) is 0 Å². The maximum absolute atomic E-state index is 2.54. The summed E-state index contributed by atoms with van der Waals surface area (Å²) in [5, 5.41) is 21.0. The summed E-state index contributed by atoms with van der Waals surface area (Å²) in [7, 11) is 0. The molecule has 0 atom stereocenters. The summed E-state index contributed by atoms with van der Waals surface area (Å²) in [5.41, 5.74) is 14.1. The SMILES string of the molecule is CC1(C)c2ccccc2-c2ccc(-n3c4ccc(-c5cc6ccc7cccc8ccc(c5)c6c78)c5ccc6c(-c7cc8ccc9cccc%10ccc(c7)c8c9%10)ccc3c6c54)cc21. The number of rotatable bonds is 3. The van der Waals surface area contributed by atoms with E-state index in [-0.39, 0.29) is 5.41 Å². The monoisotopic (exact) mass is 783 g/mol. The summed E-state index contributed by atoms with van der Waals surface area (Å²) in [6, 6.07) is 71.9. The van der Waals surface area contributed by atoms with Crippen LogP contribution in [0.1, 0.15) is 25.0 Å². The Balaban J connectivity index is 1.01. The number of hydrogen-bond donors (Lipinski definition) is 0. The minimum absolute atomic E-state index is 0.0965. The van der Waals surface area contributed by atoms with Gasteiger partial charge in [-0.15, -0.1) is 0 Å². The molecule has 1 heteroatoms. The van der Waals surface area contributed by atoms with Gasteiger partial charge in [0.2, 0.25) is 0 Å². The molecular formula is C61H37N. The molecule has 14 aromatic rings. The highest BCUT2D eigenvalue weighted by molar-refractivity contribution is 6.30. The van der Waals surface area contributed by atoms with Gasteiger partial charge in [0.15, 0.2) is 0 Å². The molecule has 0 saturated carbocycles. The van der Waals surface area contributed by atoms with Crippen molar-refractivity contribution in [2.75, 3.05) is 0 Å². The van der Waals surface area contributed by atoms with E-state index >= 15 is 0 Å². The first kappa shape index (κ1) is 33.0. The highest BCUT2D eigenvalue weighted by Crippen LogP contribution is 2.51. The molecule has 15 rings (SSSR count). The molecule has 0 saturated heterocycles. The first-order valence-electron chi connectivity index (χ1n) is 21.9. The van der Waals surface area contributed by atoms with Gasteiger partial charge in [-0.2, -0.15) is 0 Å². The average Bonchev–Trinajstić information content (AvgIpc) is 3.77. The van der Waals surface area contributed by atoms with Crippen molar-refractivity contribution in [1.82, 2.24) is 4.57 Å². The van der Waals surface area contributed by atoms with Crippen LogP contribution in [0, 0.1) is 0 Å². The summed E-state index contributed by atoms with van der Waals surface area (Å²) in [6.07, 6.45) is 0. The zero-order chi connectivity index (χ0) is 40.6. The Morgan fingerprint density at radius 3 is 1.23 bits per heavy atom. The van der Waals surface area contributed by atoms with Crippen molar-refractivity contribution in [2.24, 2.45) is 0 Å². The molecule has 0 unspecified atom stereocenters. The molecule has 0 amide bonds. The molecule has 1 heterocycles. The molecular weight excluding hydrogens is 747 g/mol. The van der Waals surface area contributed by atoms with Gasteiger partial charge in [0.25, 0.3) is 0 Å². The summed E-state index contributed by atoms with van der Waals surface area (Å²) in [4.78, 5) is 0. The Bertz CT molecular complexity index is 3890. The summed E-state index contributed by atoms with van der Waals surface area (Å²) in [5.74, 6) is 0. The second kappa shape index (κ2) is 11.3. The molecule has 286 valence electrons. The molecule has 1 nitrogen and oxygen atoms in total. The highest BCUT2D eigenvalue weighted by atomic mass is 15.0. The summed E-state index contributed by atoms with van der Waals surface area (Å²) >= 11 is 0. The lowest BCUT2D eigenvalue weighted by Gasteiger charge is -2.22. The smallest absolute Gasteiger partial charge is 0.0547 e. The van der Waals surface area contributed by atoms with Gasteiger partial charge in [0.05, 0.1) is 11.0 Å². The fourth-order valence-electron chi connectivity index (χ4n) is 12.2. The largest absolute Gasteiger partial charge is 0.309 e. The molecule has 13 aromatic carbocycles. The van der Waals surface area contributed by atoms with Crippen molar-refractivity contribution >= 4 is 97.2 Å². The molecule has 1 aromatic heterocycles. The van der Waals surface area contributed by atoms with Crippen LogP contribution in [0.25, 0.3) is 136 Å². The van der Waals surface area contributed by atoms with Gasteiger partial charge in [-0.05, 0) is 168 Å². The first-order valence-corrected chi connectivity index (χ1v) is 21.9. The molecule has 1 aliphatic carbocycles. The number of nitrogens with zero attached hydrogens (tertiary/aromatic N) is 1. The second-order valence-electron chi connectivity index (χ2n) is 18.4. The third-order valence-corrected chi connectivity index (χ3v) is 15.0. The van der Waals surface area contributed by atoms with E-state index in [1.807, 2.05) is 0 Å². The van der Waals surface area contributed by atoms with E-state index < -0.39 is 0 Å². The maximum Gasteiger partial charge on any atom is 0.0547 e. The zero-order valence-electron chi connectivity index (χ0n) is 34.3. The van der Waals surface area contributed by atoms with Crippen molar-refractivity contribution in [3.8, 4) is 39.1 Å². The average molecular weight is 784 g/mol. The van der Waals surface area contributed by atoms with E-state index in [1.165, 1.54) is 147 Å². The lowest BCUT2D eigenvalue weighted by molar-refractivity contribution is 0.660. The number of fused-ring (bicyclic) bond motifs is 3. The maximum atomic E-state index is 2.54. The topological polar surface area (TPSA) is 4.93 Å². The van der Waals surface area contributed by atoms with Gasteiger partial charge in [0.1, 0.15) is 0 Å². The first-order chi connectivity index (χ1) is 30.5. The zero-order valence-corrected chi connectivity index (χ0v) is 34.3. The molecule has 0 N–H and O–H groups in total. The van der Waals surface area contributed by atoms with E-state index in [1.54, 1.807) is 0 Å². The van der Waals surface area contributed by atoms with E-state index in [0.29, 0.717) is 0 Å². The second-order valence-corrected chi connectivity index (χ2v) is 18.4. The third kappa shape index (κ3) is 4.09. The fraction of sp³-hybridized carbons (Fsp3) is 0.0492. The quantitative estimate of drug-likeness (QED) is 0.157. The van der Waals surface area contributed by atoms with Crippen LogP contribution >= 0.6 is 0 Å². The van der Waals surface area contributed by atoms with Crippen molar-refractivity contribution in [2.45, 2.75) is 19.3 Å². The molecule has 62 heavy (non-hydrogen) atoms. The van der Waals surface area contributed by atoms with Crippen LogP contribution in [0.4, 0.5) is 0 Å². The van der Waals surface area contributed by atoms with E-state index in [4.69, 9.17) is 0 Å². The minimum Gasteiger partial charge on any atom is -0.309 e. The molecule has 0 bridgehead atoms. The van der Waals surface area contributed by atoms with Gasteiger partial charge in [-0.25, -0.2) is 0 Å². The Hall–Kier alpha value is -7.74. The Labute approximate surface area is 357 Å². The fourth-order valence-corrected chi connectivity index (χ4v) is 12.2. The predicted molar refractivity (Wildman–Crippen MR) is 265 cm³/mol. The molecule has 0 aliphatic heterocycles. The van der Waals surface area contributed by atoms with E-state index in [0.717, 1.165) is 0 Å². The van der Waals surface area contributed by atoms with Crippen LogP contribution in [-0.2, 0) is 5.41 Å². The Morgan fingerprint density at radius 2 is 0.726 bits per heavy atom. The highest BCUT2D eigenvalue weighted by Gasteiger charge is 2.35. The van der Waals surface area contributed by atoms with Crippen molar-refractivity contribution in [3.63, 3.8) is 0 Å². The van der Waals surface area contributed by atoms with Gasteiger partial charge in [-0.3, -0.25) is 0 Å². The lowest BCUT2D eigenvalue weighted by Crippen LogP contribution is -2.15. The number of benzene rings is 13. The predicted octanol–water partition coefficient (Wildman–Crippen LogP) is 16.8. The van der Waals surface area contributed by atoms with Crippen molar-refractivity contribution < 1.29 is 0 Å². The van der Waals surface area contributed by atoms with Crippen molar-refractivity contribution in [1.29, 1.82) is 0 Å². The summed E-state index contributed by atoms with van der Waals surface area (Å²) < 4.78 is 2.54. The molecule has 0 fully saturated rings. The van der Waals surface area contributed by atoms with Gasteiger partial charge in [0, 0.05) is 21.9 Å². The van der Waals surface area contributed by atoms with E-state index in [2.05, 4.69) is 206 Å². The van der Waals surface area contributed by atoms with Gasteiger partial charge >= 0.3 is 0 Å². The molecule has 1 aliphatic rings. The number of hydrogen-bond acceptors (Lipinski definition) is 0.